The molecule has 94 valence electrons. The van der Waals surface area contributed by atoms with Gasteiger partial charge in [0.1, 0.15) is 5.58 Å². The number of ketones is 1. The Bertz CT molecular complexity index is 759. The molecule has 0 unspecified atom stereocenters. The summed E-state index contributed by atoms with van der Waals surface area (Å²) in [6.07, 6.45) is 0. The lowest BCUT2D eigenvalue weighted by molar-refractivity contribution is 0.101. The van der Waals surface area contributed by atoms with Gasteiger partial charge in [0.05, 0.1) is 0 Å². The number of halogens is 1. The molecule has 0 aliphatic carbocycles. The fourth-order valence-electron chi connectivity index (χ4n) is 1.90. The Morgan fingerprint density at radius 3 is 2.53 bits per heavy atom. The van der Waals surface area contributed by atoms with Crippen LogP contribution in [0.2, 0.25) is 0 Å². The van der Waals surface area contributed by atoms with Crippen LogP contribution in [0.4, 0.5) is 5.69 Å². The number of rotatable bonds is 2. The van der Waals surface area contributed by atoms with Gasteiger partial charge in [-0.1, -0.05) is 15.9 Å². The van der Waals surface area contributed by atoms with Gasteiger partial charge in [0.2, 0.25) is 5.78 Å². The summed E-state index contributed by atoms with van der Waals surface area (Å²) in [5.74, 6) is 0.185. The number of fused-ring (bicyclic) bond motifs is 1. The summed E-state index contributed by atoms with van der Waals surface area (Å²) in [5, 5.41) is 0.896. The summed E-state index contributed by atoms with van der Waals surface area (Å²) >= 11 is 3.39. The molecule has 0 fully saturated rings. The summed E-state index contributed by atoms with van der Waals surface area (Å²) in [4.78, 5) is 12.3. The maximum atomic E-state index is 12.3. The second kappa shape index (κ2) is 4.55. The number of carbonyl (C=O) groups excluding carboxylic acids is 1. The highest BCUT2D eigenvalue weighted by Crippen LogP contribution is 2.25. The molecule has 0 amide bonds. The first-order valence-electron chi connectivity index (χ1n) is 5.73. The Kier molecular flexibility index (Phi) is 2.87. The molecule has 0 aliphatic rings. The van der Waals surface area contributed by atoms with E-state index in [1.165, 1.54) is 0 Å². The fraction of sp³-hybridized carbons (Fsp3) is 0. The van der Waals surface area contributed by atoms with Gasteiger partial charge in [0, 0.05) is 21.1 Å². The topological polar surface area (TPSA) is 56.2 Å². The zero-order chi connectivity index (χ0) is 13.4. The molecule has 19 heavy (non-hydrogen) atoms. The summed E-state index contributed by atoms with van der Waals surface area (Å²) in [6.45, 7) is 0. The largest absolute Gasteiger partial charge is 0.453 e. The molecule has 2 aromatic carbocycles. The molecule has 0 bridgehead atoms. The number of nitrogen functional groups attached to an aromatic ring is 1. The Morgan fingerprint density at radius 2 is 1.79 bits per heavy atom. The quantitative estimate of drug-likeness (QED) is 0.574. The van der Waals surface area contributed by atoms with E-state index < -0.39 is 0 Å². The van der Waals surface area contributed by atoms with Crippen molar-refractivity contribution >= 4 is 38.4 Å². The zero-order valence-corrected chi connectivity index (χ0v) is 11.5. The molecular formula is C15H10BrNO2. The molecule has 0 atom stereocenters. The zero-order valence-electron chi connectivity index (χ0n) is 9.89. The molecule has 2 N–H and O–H groups in total. The summed E-state index contributed by atoms with van der Waals surface area (Å²) in [6, 6.07) is 14.2. The van der Waals surface area contributed by atoms with Gasteiger partial charge in [-0.15, -0.1) is 0 Å². The molecule has 0 radical (unpaired) electrons. The van der Waals surface area contributed by atoms with Crippen molar-refractivity contribution in [3.05, 3.63) is 64.3 Å². The third kappa shape index (κ3) is 2.27. The van der Waals surface area contributed by atoms with Crippen LogP contribution in [0.3, 0.4) is 0 Å². The summed E-state index contributed by atoms with van der Waals surface area (Å²) < 4.78 is 6.52. The van der Waals surface area contributed by atoms with Crippen LogP contribution >= 0.6 is 15.9 Å². The maximum absolute atomic E-state index is 12.3. The van der Waals surface area contributed by atoms with E-state index in [1.54, 1.807) is 30.3 Å². The Balaban J connectivity index is 2.04. The molecule has 0 saturated carbocycles. The number of furan rings is 1. The molecule has 3 nitrogen and oxygen atoms in total. The lowest BCUT2D eigenvalue weighted by Gasteiger charge is -1.97. The van der Waals surface area contributed by atoms with Gasteiger partial charge < -0.3 is 10.2 Å². The first-order valence-corrected chi connectivity index (χ1v) is 6.52. The second-order valence-electron chi connectivity index (χ2n) is 4.24. The third-order valence-corrected chi connectivity index (χ3v) is 3.37. The van der Waals surface area contributed by atoms with Gasteiger partial charge in [0.15, 0.2) is 5.76 Å². The van der Waals surface area contributed by atoms with Gasteiger partial charge in [-0.2, -0.15) is 0 Å². The van der Waals surface area contributed by atoms with E-state index in [0.717, 1.165) is 9.86 Å². The van der Waals surface area contributed by atoms with Crippen molar-refractivity contribution in [1.29, 1.82) is 0 Å². The van der Waals surface area contributed by atoms with Crippen LogP contribution in [0.1, 0.15) is 16.1 Å². The van der Waals surface area contributed by atoms with Gasteiger partial charge in [0.25, 0.3) is 0 Å². The van der Waals surface area contributed by atoms with Crippen molar-refractivity contribution in [2.75, 3.05) is 5.73 Å². The first kappa shape index (κ1) is 12.0. The molecular weight excluding hydrogens is 306 g/mol. The van der Waals surface area contributed by atoms with Crippen LogP contribution in [0.5, 0.6) is 0 Å². The molecule has 0 spiro atoms. The minimum atomic E-state index is -0.146. The van der Waals surface area contributed by atoms with Crippen LogP contribution in [-0.4, -0.2) is 5.78 Å². The molecule has 1 aromatic heterocycles. The molecule has 4 heteroatoms. The predicted octanol–water partition coefficient (Wildman–Crippen LogP) is 4.01. The van der Waals surface area contributed by atoms with Crippen LogP contribution < -0.4 is 5.73 Å². The predicted molar refractivity (Wildman–Crippen MR) is 78.2 cm³/mol. The van der Waals surface area contributed by atoms with Gasteiger partial charge in [-0.3, -0.25) is 4.79 Å². The van der Waals surface area contributed by atoms with E-state index in [9.17, 15) is 4.79 Å². The van der Waals surface area contributed by atoms with E-state index in [4.69, 9.17) is 10.2 Å². The second-order valence-corrected chi connectivity index (χ2v) is 5.16. The summed E-state index contributed by atoms with van der Waals surface area (Å²) in [5.41, 5.74) is 7.49. The monoisotopic (exact) mass is 315 g/mol. The lowest BCUT2D eigenvalue weighted by Crippen LogP contribution is -1.99. The number of nitrogens with two attached hydrogens (primary N) is 1. The van der Waals surface area contributed by atoms with Crippen molar-refractivity contribution in [2.24, 2.45) is 0 Å². The number of hydrogen-bond donors (Lipinski definition) is 1. The van der Waals surface area contributed by atoms with E-state index in [2.05, 4.69) is 15.9 Å². The average molecular weight is 316 g/mol. The Hall–Kier alpha value is -2.07. The smallest absolute Gasteiger partial charge is 0.228 e. The van der Waals surface area contributed by atoms with Gasteiger partial charge in [-0.05, 0) is 48.5 Å². The van der Waals surface area contributed by atoms with Crippen LogP contribution in [-0.2, 0) is 0 Å². The van der Waals surface area contributed by atoms with E-state index >= 15 is 0 Å². The fourth-order valence-corrected chi connectivity index (χ4v) is 2.28. The third-order valence-electron chi connectivity index (χ3n) is 2.88. The van der Waals surface area contributed by atoms with Crippen molar-refractivity contribution in [2.45, 2.75) is 0 Å². The van der Waals surface area contributed by atoms with Crippen molar-refractivity contribution in [1.82, 2.24) is 0 Å². The Labute approximate surface area is 118 Å². The SMILES string of the molecule is Nc1ccc(C(=O)c2cc3cc(Br)ccc3o2)cc1. The average Bonchev–Trinajstić information content (AvgIpc) is 2.81. The van der Waals surface area contributed by atoms with E-state index in [1.807, 2.05) is 18.2 Å². The van der Waals surface area contributed by atoms with Crippen molar-refractivity contribution < 1.29 is 9.21 Å². The number of anilines is 1. The van der Waals surface area contributed by atoms with Crippen LogP contribution in [0.15, 0.2) is 57.4 Å². The summed E-state index contributed by atoms with van der Waals surface area (Å²) in [7, 11) is 0. The molecule has 0 aliphatic heterocycles. The minimum absolute atomic E-state index is 0.146. The maximum Gasteiger partial charge on any atom is 0.228 e. The minimum Gasteiger partial charge on any atom is -0.453 e. The number of carbonyl (C=O) groups is 1. The number of hydrogen-bond acceptors (Lipinski definition) is 3. The normalized spacial score (nSPS) is 10.8. The highest BCUT2D eigenvalue weighted by molar-refractivity contribution is 9.10. The molecule has 3 aromatic rings. The standard InChI is InChI=1S/C15H10BrNO2/c16-11-3-6-13-10(7-11)8-14(19-13)15(18)9-1-4-12(17)5-2-9/h1-8H,17H2. The molecule has 0 saturated heterocycles. The lowest BCUT2D eigenvalue weighted by atomic mass is 10.1. The molecule has 3 rings (SSSR count). The van der Waals surface area contributed by atoms with Crippen LogP contribution in [0, 0.1) is 0 Å². The van der Waals surface area contributed by atoms with Crippen molar-refractivity contribution in [3.8, 4) is 0 Å². The van der Waals surface area contributed by atoms with Gasteiger partial charge in [-0.25, -0.2) is 0 Å². The van der Waals surface area contributed by atoms with E-state index in [0.29, 0.717) is 22.6 Å². The number of benzene rings is 2. The van der Waals surface area contributed by atoms with Gasteiger partial charge >= 0.3 is 0 Å². The first-order chi connectivity index (χ1) is 9.13. The highest BCUT2D eigenvalue weighted by Gasteiger charge is 2.14. The Morgan fingerprint density at radius 1 is 1.05 bits per heavy atom. The van der Waals surface area contributed by atoms with E-state index in [-0.39, 0.29) is 5.78 Å². The molecule has 1 heterocycles. The van der Waals surface area contributed by atoms with Crippen molar-refractivity contribution in [3.63, 3.8) is 0 Å². The van der Waals surface area contributed by atoms with Crippen LogP contribution in [0.25, 0.3) is 11.0 Å². The highest BCUT2D eigenvalue weighted by atomic mass is 79.9.